The van der Waals surface area contributed by atoms with Crippen LogP contribution in [0.4, 0.5) is 8.78 Å². The Morgan fingerprint density at radius 2 is 2.00 bits per heavy atom. The van der Waals surface area contributed by atoms with Crippen molar-refractivity contribution in [2.45, 2.75) is 18.9 Å². The van der Waals surface area contributed by atoms with Crippen LogP contribution in [0.5, 0.6) is 11.5 Å². The maximum atomic E-state index is 12.9. The van der Waals surface area contributed by atoms with Gasteiger partial charge in [0.1, 0.15) is 0 Å². The van der Waals surface area contributed by atoms with Gasteiger partial charge in [-0.05, 0) is 6.07 Å². The van der Waals surface area contributed by atoms with Crippen LogP contribution in [0.2, 0.25) is 0 Å². The van der Waals surface area contributed by atoms with Gasteiger partial charge < -0.3 is 15.2 Å². The van der Waals surface area contributed by atoms with E-state index in [1.54, 1.807) is 18.2 Å². The summed E-state index contributed by atoms with van der Waals surface area (Å²) in [6, 6.07) is 4.53. The number of halogens is 3. The third kappa shape index (κ3) is 4.43. The van der Waals surface area contributed by atoms with E-state index in [4.69, 9.17) is 4.74 Å². The molecule has 0 radical (unpaired) electrons. The van der Waals surface area contributed by atoms with Gasteiger partial charge in [-0.15, -0.1) is 12.4 Å². The Hall–Kier alpha value is -1.11. The SMILES string of the molecule is COc1cccc([C@H](CC(F)F)N2CCNCC2)c1O.Cl. The first kappa shape index (κ1) is 17.9. The highest BCUT2D eigenvalue weighted by Gasteiger charge is 2.28. The van der Waals surface area contributed by atoms with Crippen molar-refractivity contribution >= 4 is 12.4 Å². The molecule has 0 aliphatic carbocycles. The number of methoxy groups -OCH3 is 1. The minimum Gasteiger partial charge on any atom is -0.504 e. The van der Waals surface area contributed by atoms with Crippen LogP contribution in [-0.2, 0) is 0 Å². The number of hydrogen-bond donors (Lipinski definition) is 2. The molecule has 1 fully saturated rings. The van der Waals surface area contributed by atoms with Crippen LogP contribution in [0, 0.1) is 0 Å². The quantitative estimate of drug-likeness (QED) is 0.874. The molecule has 0 amide bonds. The zero-order valence-electron chi connectivity index (χ0n) is 11.9. The number of rotatable bonds is 5. The molecular formula is C14H21ClF2N2O2. The molecule has 4 nitrogen and oxygen atoms in total. The van der Waals surface area contributed by atoms with E-state index in [1.807, 2.05) is 4.90 Å². The number of phenolic OH excluding ortho intramolecular Hbond substituents is 1. The molecule has 0 aromatic heterocycles. The molecule has 1 saturated heterocycles. The molecule has 2 rings (SSSR count). The lowest BCUT2D eigenvalue weighted by Crippen LogP contribution is -2.45. The van der Waals surface area contributed by atoms with Gasteiger partial charge in [0.25, 0.3) is 0 Å². The largest absolute Gasteiger partial charge is 0.504 e. The minimum absolute atomic E-state index is 0. The van der Waals surface area contributed by atoms with E-state index in [9.17, 15) is 13.9 Å². The van der Waals surface area contributed by atoms with E-state index in [0.29, 0.717) is 24.4 Å². The zero-order chi connectivity index (χ0) is 14.5. The van der Waals surface area contributed by atoms with Crippen molar-refractivity contribution in [3.05, 3.63) is 23.8 Å². The Morgan fingerprint density at radius 3 is 2.57 bits per heavy atom. The lowest BCUT2D eigenvalue weighted by Gasteiger charge is -2.35. The molecule has 0 bridgehead atoms. The highest BCUT2D eigenvalue weighted by atomic mass is 35.5. The number of nitrogens with zero attached hydrogens (tertiary/aromatic N) is 1. The number of hydrogen-bond acceptors (Lipinski definition) is 4. The van der Waals surface area contributed by atoms with E-state index >= 15 is 0 Å². The van der Waals surface area contributed by atoms with E-state index in [0.717, 1.165) is 13.1 Å². The van der Waals surface area contributed by atoms with Gasteiger partial charge in [-0.1, -0.05) is 12.1 Å². The van der Waals surface area contributed by atoms with Crippen molar-refractivity contribution in [1.82, 2.24) is 10.2 Å². The fourth-order valence-electron chi connectivity index (χ4n) is 2.61. The highest BCUT2D eigenvalue weighted by Crippen LogP contribution is 2.38. The Morgan fingerprint density at radius 1 is 1.33 bits per heavy atom. The van der Waals surface area contributed by atoms with Crippen LogP contribution >= 0.6 is 12.4 Å². The minimum atomic E-state index is -2.42. The second kappa shape index (κ2) is 8.36. The number of alkyl halides is 2. The summed E-state index contributed by atoms with van der Waals surface area (Å²) in [6.07, 6.45) is -2.71. The maximum Gasteiger partial charge on any atom is 0.240 e. The summed E-state index contributed by atoms with van der Waals surface area (Å²) in [5.74, 6) is 0.274. The Balaban J connectivity index is 0.00000220. The molecule has 0 unspecified atom stereocenters. The number of nitrogens with one attached hydrogen (secondary N) is 1. The van der Waals surface area contributed by atoms with Crippen molar-refractivity contribution in [2.24, 2.45) is 0 Å². The summed E-state index contributed by atoms with van der Waals surface area (Å²) >= 11 is 0. The number of para-hydroxylation sites is 1. The van der Waals surface area contributed by atoms with Gasteiger partial charge in [-0.25, -0.2) is 8.78 Å². The zero-order valence-corrected chi connectivity index (χ0v) is 12.7. The van der Waals surface area contributed by atoms with Crippen LogP contribution in [-0.4, -0.2) is 49.7 Å². The molecule has 0 spiro atoms. The summed E-state index contributed by atoms with van der Waals surface area (Å²) in [4.78, 5) is 1.98. The third-order valence-electron chi connectivity index (χ3n) is 3.60. The van der Waals surface area contributed by atoms with Gasteiger partial charge in [-0.3, -0.25) is 4.90 Å². The summed E-state index contributed by atoms with van der Waals surface area (Å²) in [5.41, 5.74) is 0.506. The number of ether oxygens (including phenoxy) is 1. The highest BCUT2D eigenvalue weighted by molar-refractivity contribution is 5.85. The van der Waals surface area contributed by atoms with Crippen LogP contribution in [0.15, 0.2) is 18.2 Å². The summed E-state index contributed by atoms with van der Waals surface area (Å²) in [5, 5.41) is 13.4. The van der Waals surface area contributed by atoms with Crippen molar-refractivity contribution in [3.8, 4) is 11.5 Å². The normalized spacial score (nSPS) is 17.3. The summed E-state index contributed by atoms with van der Waals surface area (Å²) in [6.45, 7) is 2.91. The van der Waals surface area contributed by atoms with Gasteiger partial charge in [0.2, 0.25) is 6.43 Å². The second-order valence-electron chi connectivity index (χ2n) is 4.83. The number of piperazine rings is 1. The van der Waals surface area contributed by atoms with E-state index in [-0.39, 0.29) is 24.6 Å². The van der Waals surface area contributed by atoms with Gasteiger partial charge in [0.15, 0.2) is 11.5 Å². The molecular weight excluding hydrogens is 302 g/mol. The summed E-state index contributed by atoms with van der Waals surface area (Å²) in [7, 11) is 1.45. The van der Waals surface area contributed by atoms with Crippen LogP contribution in [0.25, 0.3) is 0 Å². The smallest absolute Gasteiger partial charge is 0.240 e. The maximum absolute atomic E-state index is 12.9. The molecule has 1 aliphatic heterocycles. The molecule has 0 saturated carbocycles. The van der Waals surface area contributed by atoms with E-state index in [1.165, 1.54) is 7.11 Å². The van der Waals surface area contributed by atoms with Gasteiger partial charge in [0, 0.05) is 44.2 Å². The molecule has 1 heterocycles. The Kier molecular flexibility index (Phi) is 7.14. The number of phenols is 1. The standard InChI is InChI=1S/C14H20F2N2O2.ClH/c1-20-12-4-2-3-10(14(12)19)11(9-13(15)16)18-7-5-17-6-8-18;/h2-4,11,13,17,19H,5-9H2,1H3;1H/t11-;/m0./s1. The van der Waals surface area contributed by atoms with Crippen molar-refractivity contribution in [2.75, 3.05) is 33.3 Å². The Bertz CT molecular complexity index is 443. The average molecular weight is 323 g/mol. The van der Waals surface area contributed by atoms with Gasteiger partial charge in [0.05, 0.1) is 7.11 Å². The molecule has 1 aliphatic rings. The number of aromatic hydroxyl groups is 1. The lowest BCUT2D eigenvalue weighted by atomic mass is 9.99. The average Bonchev–Trinajstić information content (AvgIpc) is 2.46. The van der Waals surface area contributed by atoms with E-state index < -0.39 is 12.5 Å². The molecule has 1 aromatic rings. The topological polar surface area (TPSA) is 44.7 Å². The first-order chi connectivity index (χ1) is 9.63. The fraction of sp³-hybridized carbons (Fsp3) is 0.571. The Labute approximate surface area is 129 Å². The molecule has 7 heteroatoms. The van der Waals surface area contributed by atoms with Crippen LogP contribution < -0.4 is 10.1 Å². The van der Waals surface area contributed by atoms with Crippen LogP contribution in [0.1, 0.15) is 18.0 Å². The lowest BCUT2D eigenvalue weighted by molar-refractivity contribution is 0.0728. The molecule has 120 valence electrons. The van der Waals surface area contributed by atoms with Crippen LogP contribution in [0.3, 0.4) is 0 Å². The predicted octanol–water partition coefficient (Wildman–Crippen LogP) is 2.42. The summed E-state index contributed by atoms with van der Waals surface area (Å²) < 4.78 is 30.8. The number of benzene rings is 1. The van der Waals surface area contributed by atoms with Crippen molar-refractivity contribution in [3.63, 3.8) is 0 Å². The molecule has 2 N–H and O–H groups in total. The molecule has 21 heavy (non-hydrogen) atoms. The first-order valence-corrected chi connectivity index (χ1v) is 6.72. The van der Waals surface area contributed by atoms with Gasteiger partial charge in [-0.2, -0.15) is 0 Å². The predicted molar refractivity (Wildman–Crippen MR) is 79.7 cm³/mol. The fourth-order valence-corrected chi connectivity index (χ4v) is 2.61. The first-order valence-electron chi connectivity index (χ1n) is 6.72. The second-order valence-corrected chi connectivity index (χ2v) is 4.83. The molecule has 1 aromatic carbocycles. The van der Waals surface area contributed by atoms with Crippen molar-refractivity contribution < 1.29 is 18.6 Å². The van der Waals surface area contributed by atoms with Gasteiger partial charge >= 0.3 is 0 Å². The van der Waals surface area contributed by atoms with Crippen molar-refractivity contribution in [1.29, 1.82) is 0 Å². The molecule has 1 atom stereocenters. The third-order valence-corrected chi connectivity index (χ3v) is 3.60. The monoisotopic (exact) mass is 322 g/mol. The van der Waals surface area contributed by atoms with E-state index in [2.05, 4.69) is 5.32 Å².